The van der Waals surface area contributed by atoms with Gasteiger partial charge in [-0.1, -0.05) is 85.6 Å². The number of amides is 2. The van der Waals surface area contributed by atoms with E-state index in [0.29, 0.717) is 0 Å². The predicted octanol–water partition coefficient (Wildman–Crippen LogP) is 4.75. The van der Waals surface area contributed by atoms with Crippen molar-refractivity contribution in [2.45, 2.75) is 125 Å². The van der Waals surface area contributed by atoms with E-state index in [-0.39, 0.29) is 23.9 Å². The fraction of sp³-hybridized carbons (Fsp3) is 0.641. The molecule has 4 atom stereocenters. The molecule has 1 fully saturated rings. The second-order valence-corrected chi connectivity index (χ2v) is 14.5. The number of Topliss-reactive ketones (excluding diaryl/α,β-unsaturated/α-hetero) is 2. The van der Waals surface area contributed by atoms with Gasteiger partial charge >= 0.3 is 5.97 Å². The van der Waals surface area contributed by atoms with Gasteiger partial charge in [-0.2, -0.15) is 0 Å². The predicted molar refractivity (Wildman–Crippen MR) is 211 cm³/mol. The number of nitrogens with zero attached hydrogens (tertiary/aromatic N) is 1. The van der Waals surface area contributed by atoms with Gasteiger partial charge in [0.15, 0.2) is 0 Å². The van der Waals surface area contributed by atoms with Crippen LogP contribution in [0.1, 0.15) is 106 Å². The molecule has 1 saturated heterocycles. The number of aliphatic carboxylic acids is 2. The molecule has 300 valence electrons. The van der Waals surface area contributed by atoms with Crippen LogP contribution in [0, 0.1) is 17.8 Å². The first-order valence-electron chi connectivity index (χ1n) is 18.5. The minimum Gasteiger partial charge on any atom is -0.481 e. The second-order valence-electron chi connectivity index (χ2n) is 13.5. The fourth-order valence-corrected chi connectivity index (χ4v) is 6.10. The number of benzene rings is 1. The van der Waals surface area contributed by atoms with Gasteiger partial charge in [-0.3, -0.25) is 28.8 Å². The zero-order valence-corrected chi connectivity index (χ0v) is 34.3. The number of nitrogens with one attached hydrogen (secondary N) is 3. The Morgan fingerprint density at radius 3 is 1.96 bits per heavy atom. The lowest BCUT2D eigenvalue weighted by Gasteiger charge is -2.23. The molecule has 0 spiro atoms. The van der Waals surface area contributed by atoms with Crippen molar-refractivity contribution in [3.8, 4) is 0 Å². The largest absolute Gasteiger partial charge is 0.481 e. The van der Waals surface area contributed by atoms with Gasteiger partial charge in [0.1, 0.15) is 12.8 Å². The molecule has 53 heavy (non-hydrogen) atoms. The Bertz CT molecular complexity index is 1320. The Kier molecular flexibility index (Phi) is 28.7. The van der Waals surface area contributed by atoms with Crippen LogP contribution in [0.2, 0.25) is 0 Å². The highest BCUT2D eigenvalue weighted by molar-refractivity contribution is 7.36. The molecular formula is C39H65N4O9P. The maximum atomic E-state index is 11.9. The zero-order chi connectivity index (χ0) is 41.1. The third-order valence-corrected chi connectivity index (χ3v) is 9.29. The molecule has 14 heteroatoms. The molecule has 1 aliphatic heterocycles. The van der Waals surface area contributed by atoms with Crippen molar-refractivity contribution in [2.75, 3.05) is 20.1 Å². The summed E-state index contributed by atoms with van der Waals surface area (Å²) in [6.45, 7) is 16.9. The highest BCUT2D eigenvalue weighted by atomic mass is 31.1. The number of carbonyl (C=O) groups excluding carboxylic acids is 5. The van der Waals surface area contributed by atoms with Crippen molar-refractivity contribution in [1.29, 1.82) is 0 Å². The maximum absolute atomic E-state index is 11.9. The summed E-state index contributed by atoms with van der Waals surface area (Å²) in [7, 11) is 2.46. The van der Waals surface area contributed by atoms with Crippen LogP contribution in [0.4, 0.5) is 0 Å². The number of rotatable bonds is 13. The van der Waals surface area contributed by atoms with Gasteiger partial charge in [-0.05, 0) is 83.2 Å². The molecule has 0 saturated carbocycles. The van der Waals surface area contributed by atoms with E-state index in [0.717, 1.165) is 46.9 Å². The Balaban J connectivity index is 0. The molecule has 2 aliphatic rings. The molecule has 3 rings (SSSR count). The van der Waals surface area contributed by atoms with Crippen LogP contribution in [0.25, 0.3) is 0 Å². The van der Waals surface area contributed by atoms with Crippen LogP contribution in [0.3, 0.4) is 0 Å². The summed E-state index contributed by atoms with van der Waals surface area (Å²) in [5.74, 6) is -1.68. The fourth-order valence-electron chi connectivity index (χ4n) is 4.77. The van der Waals surface area contributed by atoms with E-state index in [4.69, 9.17) is 15.0 Å². The number of carboxylic acid groups (broad SMARTS) is 2. The minimum atomic E-state index is -1.18. The number of carbonyl (C=O) groups is 7. The van der Waals surface area contributed by atoms with Crippen LogP contribution in [-0.2, 0) is 46.4 Å². The lowest BCUT2D eigenvalue weighted by atomic mass is 9.83. The van der Waals surface area contributed by atoms with Crippen molar-refractivity contribution < 1.29 is 43.8 Å². The topological polar surface area (TPSA) is 199 Å². The number of likely N-dealkylation sites (N-methyl/N-ethyl adjacent to an activating group) is 1. The first-order chi connectivity index (χ1) is 24.9. The highest BCUT2D eigenvalue weighted by Crippen LogP contribution is 2.27. The van der Waals surface area contributed by atoms with Gasteiger partial charge in [0.05, 0.1) is 18.1 Å². The number of carboxylic acids is 2. The van der Waals surface area contributed by atoms with Gasteiger partial charge < -0.3 is 31.0 Å². The van der Waals surface area contributed by atoms with Gasteiger partial charge in [-0.25, -0.2) is 4.67 Å². The van der Waals surface area contributed by atoms with Gasteiger partial charge in [0.2, 0.25) is 11.6 Å². The molecule has 1 aliphatic carbocycles. The van der Waals surface area contributed by atoms with E-state index < -0.39 is 47.9 Å². The first-order valence-corrected chi connectivity index (χ1v) is 19.4. The second kappa shape index (κ2) is 29.6. The summed E-state index contributed by atoms with van der Waals surface area (Å²) < 4.78 is 2.08. The lowest BCUT2D eigenvalue weighted by Crippen LogP contribution is -2.44. The van der Waals surface area contributed by atoms with Crippen LogP contribution in [0.5, 0.6) is 0 Å². The molecule has 0 radical (unpaired) electrons. The van der Waals surface area contributed by atoms with Crippen molar-refractivity contribution in [3.63, 3.8) is 0 Å². The summed E-state index contributed by atoms with van der Waals surface area (Å²) in [6.07, 6.45) is 9.51. The van der Waals surface area contributed by atoms with Crippen LogP contribution in [-0.4, -0.2) is 101 Å². The number of aldehydes is 1. The van der Waals surface area contributed by atoms with Crippen molar-refractivity contribution >= 4 is 55.8 Å². The molecule has 0 bridgehead atoms. The Morgan fingerprint density at radius 1 is 0.925 bits per heavy atom. The van der Waals surface area contributed by atoms with Crippen LogP contribution >= 0.6 is 8.35 Å². The molecule has 5 N–H and O–H groups in total. The monoisotopic (exact) mass is 764 g/mol. The van der Waals surface area contributed by atoms with E-state index in [1.54, 1.807) is 25.0 Å². The third kappa shape index (κ3) is 23.5. The zero-order valence-electron chi connectivity index (χ0n) is 33.4. The highest BCUT2D eigenvalue weighted by Gasteiger charge is 2.25. The molecule has 0 aromatic heterocycles. The van der Waals surface area contributed by atoms with E-state index in [1.807, 2.05) is 25.0 Å². The average Bonchev–Trinajstić information content (AvgIpc) is 3.59. The Labute approximate surface area is 318 Å². The molecule has 4 unspecified atom stereocenters. The smallest absolute Gasteiger partial charge is 0.322 e. The number of hydrogen-bond donors (Lipinski definition) is 5. The van der Waals surface area contributed by atoms with Gasteiger partial charge in [0, 0.05) is 19.4 Å². The standard InChI is InChI=1S/C15H25N2O3P.C12H16.C7H12N2O4.C3H8.C2H4O2/c1-10(2)13(16-15(20)14(19)11(3)4)9-21-17-7-5-6-12(17)8-18;1-2-10-7-8-11-5-3-4-6-12(11)9-10;1-4(8-2)6(12)7(13)9-3-5(10)11;1-3-2;1-2(3)4/h8-13H,5-7H2,1-4H3,(H,16,20);3-6,10H,2,7-9H2,1H3;4,8H,3H2,1-2H3,(H,9,13)(H,10,11);3H2,1-2H3;1H3,(H,3,4). The quantitative estimate of drug-likeness (QED) is 0.106. The lowest BCUT2D eigenvalue weighted by molar-refractivity contribution is -0.141. The number of ketones is 2. The van der Waals surface area contributed by atoms with E-state index in [1.165, 1.54) is 46.1 Å². The minimum absolute atomic E-state index is 0.0243. The Hall–Kier alpha value is -3.80. The van der Waals surface area contributed by atoms with Crippen LogP contribution in [0.15, 0.2) is 24.3 Å². The number of aryl methyl sites for hydroxylation is 1. The summed E-state index contributed by atoms with van der Waals surface area (Å²) in [4.78, 5) is 75.4. The Morgan fingerprint density at radius 2 is 1.49 bits per heavy atom. The molecule has 13 nitrogen and oxygen atoms in total. The van der Waals surface area contributed by atoms with Crippen molar-refractivity contribution in [3.05, 3.63) is 35.4 Å². The first kappa shape index (κ1) is 51.3. The molecular weight excluding hydrogens is 699 g/mol. The summed E-state index contributed by atoms with van der Waals surface area (Å²) in [5.41, 5.74) is 3.18. The van der Waals surface area contributed by atoms with Crippen molar-refractivity contribution in [1.82, 2.24) is 20.6 Å². The average molecular weight is 765 g/mol. The molecule has 1 heterocycles. The molecule has 2 amide bonds. The molecule has 1 aromatic carbocycles. The van der Waals surface area contributed by atoms with E-state index in [9.17, 15) is 28.8 Å². The third-order valence-electron chi connectivity index (χ3n) is 8.04. The van der Waals surface area contributed by atoms with Gasteiger partial charge in [-0.15, -0.1) is 0 Å². The maximum Gasteiger partial charge on any atom is 0.322 e. The summed E-state index contributed by atoms with van der Waals surface area (Å²) in [6, 6.07) is 8.09. The van der Waals surface area contributed by atoms with Crippen LogP contribution < -0.4 is 16.0 Å². The summed E-state index contributed by atoms with van der Waals surface area (Å²) >= 11 is 0. The number of fused-ring (bicyclic) bond motifs is 1. The SMILES string of the molecule is CC(=O)O.CC(C)C(=O)C(=O)NC(C=PN1CCCC1C=O)C(C)C.CCC.CCC1CCc2ccccc2C1.CNC(C)C(=O)C(=O)NCC(=O)O. The van der Waals surface area contributed by atoms with E-state index >= 15 is 0 Å². The number of hydrogen-bond acceptors (Lipinski definition) is 9. The van der Waals surface area contributed by atoms with Gasteiger partial charge in [0.25, 0.3) is 17.8 Å². The molecule has 1 aromatic rings. The summed E-state index contributed by atoms with van der Waals surface area (Å²) in [5, 5.41) is 22.9. The van der Waals surface area contributed by atoms with E-state index in [2.05, 4.69) is 60.3 Å². The van der Waals surface area contributed by atoms with Crippen molar-refractivity contribution in [2.24, 2.45) is 17.8 Å². The normalized spacial score (nSPS) is 17.1.